The molecule has 0 atom stereocenters. The number of esters is 1. The Labute approximate surface area is 143 Å². The van der Waals surface area contributed by atoms with E-state index < -0.39 is 0 Å². The molecule has 1 aliphatic rings. The quantitative estimate of drug-likeness (QED) is 0.827. The molecule has 0 bridgehead atoms. The molecule has 0 unspecified atom stereocenters. The molecule has 1 saturated heterocycles. The van der Waals surface area contributed by atoms with Crippen LogP contribution in [0.25, 0.3) is 11.1 Å². The average Bonchev–Trinajstić information content (AvgIpc) is 3.01. The van der Waals surface area contributed by atoms with E-state index in [-0.39, 0.29) is 5.97 Å². The lowest BCUT2D eigenvalue weighted by Gasteiger charge is -2.30. The number of hydrogen-bond donors (Lipinski definition) is 1. The van der Waals surface area contributed by atoms with Gasteiger partial charge in [-0.25, -0.2) is 4.79 Å². The van der Waals surface area contributed by atoms with Crippen molar-refractivity contribution in [3.8, 4) is 11.1 Å². The Morgan fingerprint density at radius 3 is 2.65 bits per heavy atom. The molecule has 1 aromatic heterocycles. The topological polar surface area (TPSA) is 54.6 Å². The number of nitrogens with zero attached hydrogens (tertiary/aromatic N) is 1. The molecule has 0 amide bonds. The number of carbonyl (C=O) groups excluding carboxylic acids is 1. The largest absolute Gasteiger partial charge is 0.461 e. The van der Waals surface area contributed by atoms with E-state index in [0.717, 1.165) is 34.4 Å². The maximum absolute atomic E-state index is 12.3. The number of nitrogens with one attached hydrogen (secondary N) is 1. The summed E-state index contributed by atoms with van der Waals surface area (Å²) in [5.41, 5.74) is 3.46. The Balaban J connectivity index is 2.04. The van der Waals surface area contributed by atoms with E-state index in [1.54, 1.807) is 0 Å². The Bertz CT molecular complexity index is 676. The third kappa shape index (κ3) is 3.43. The summed E-state index contributed by atoms with van der Waals surface area (Å²) < 4.78 is 11.6. The number of hydrogen-bond acceptors (Lipinski definition) is 4. The van der Waals surface area contributed by atoms with Crippen LogP contribution in [0.4, 0.5) is 5.69 Å². The van der Waals surface area contributed by atoms with Gasteiger partial charge in [0.15, 0.2) is 0 Å². The molecule has 0 spiro atoms. The maximum atomic E-state index is 12.3. The highest BCUT2D eigenvalue weighted by Gasteiger charge is 2.25. The highest BCUT2D eigenvalue weighted by molar-refractivity contribution is 9.10. The summed E-state index contributed by atoms with van der Waals surface area (Å²) in [6.45, 7) is 5.00. The fourth-order valence-corrected chi connectivity index (χ4v) is 3.00. The monoisotopic (exact) mass is 378 g/mol. The van der Waals surface area contributed by atoms with E-state index in [9.17, 15) is 4.79 Å². The lowest BCUT2D eigenvalue weighted by atomic mass is 10.1. The number of anilines is 1. The molecule has 6 heteroatoms. The Morgan fingerprint density at radius 2 is 2.00 bits per heavy atom. The van der Waals surface area contributed by atoms with Gasteiger partial charge in [0.1, 0.15) is 5.69 Å². The molecule has 122 valence electrons. The van der Waals surface area contributed by atoms with Crippen LogP contribution in [0.1, 0.15) is 17.4 Å². The molecule has 1 aliphatic heterocycles. The summed E-state index contributed by atoms with van der Waals surface area (Å²) in [4.78, 5) is 17.6. The van der Waals surface area contributed by atoms with Crippen molar-refractivity contribution >= 4 is 27.6 Å². The van der Waals surface area contributed by atoms with Crippen molar-refractivity contribution in [2.24, 2.45) is 0 Å². The predicted molar refractivity (Wildman–Crippen MR) is 92.9 cm³/mol. The molecule has 2 heterocycles. The minimum Gasteiger partial charge on any atom is -0.461 e. The molecule has 0 saturated carbocycles. The van der Waals surface area contributed by atoms with E-state index in [1.165, 1.54) is 0 Å². The standard InChI is InChI=1S/C17H19BrN2O3/c1-2-23-17(21)15-16(20-7-9-22-10-8-20)14(11-19-15)12-3-5-13(18)6-4-12/h3-6,11,19H,2,7-10H2,1H3. The first-order chi connectivity index (χ1) is 11.2. The molecule has 0 aliphatic carbocycles. The van der Waals surface area contributed by atoms with Gasteiger partial charge in [0.05, 0.1) is 25.5 Å². The van der Waals surface area contributed by atoms with Crippen LogP contribution in [-0.4, -0.2) is 43.9 Å². The van der Waals surface area contributed by atoms with Crippen molar-refractivity contribution in [3.05, 3.63) is 40.6 Å². The number of morpholine rings is 1. The number of aromatic amines is 1. The molecule has 3 rings (SSSR count). The highest BCUT2D eigenvalue weighted by Crippen LogP contribution is 2.35. The molecule has 0 radical (unpaired) electrons. The Morgan fingerprint density at radius 1 is 1.30 bits per heavy atom. The van der Waals surface area contributed by atoms with Gasteiger partial charge in [-0.05, 0) is 24.6 Å². The van der Waals surface area contributed by atoms with Crippen LogP contribution in [0, 0.1) is 0 Å². The van der Waals surface area contributed by atoms with Gasteiger partial charge in [0.25, 0.3) is 0 Å². The summed E-state index contributed by atoms with van der Waals surface area (Å²) in [6.07, 6.45) is 1.88. The third-order valence-electron chi connectivity index (χ3n) is 3.81. The number of rotatable bonds is 4. The lowest BCUT2D eigenvalue weighted by Crippen LogP contribution is -2.37. The van der Waals surface area contributed by atoms with Gasteiger partial charge in [-0.3, -0.25) is 0 Å². The second-order valence-electron chi connectivity index (χ2n) is 5.25. The zero-order chi connectivity index (χ0) is 16.2. The van der Waals surface area contributed by atoms with Crippen molar-refractivity contribution in [3.63, 3.8) is 0 Å². The number of aromatic nitrogens is 1. The maximum Gasteiger partial charge on any atom is 0.356 e. The Hall–Kier alpha value is -1.79. The zero-order valence-corrected chi connectivity index (χ0v) is 14.6. The van der Waals surface area contributed by atoms with E-state index in [1.807, 2.05) is 37.4 Å². The highest BCUT2D eigenvalue weighted by atomic mass is 79.9. The van der Waals surface area contributed by atoms with Crippen LogP contribution < -0.4 is 4.90 Å². The summed E-state index contributed by atoms with van der Waals surface area (Å²) in [5.74, 6) is -0.322. The second-order valence-corrected chi connectivity index (χ2v) is 6.17. The second kappa shape index (κ2) is 7.19. The molecule has 23 heavy (non-hydrogen) atoms. The average molecular weight is 379 g/mol. The first-order valence-electron chi connectivity index (χ1n) is 7.68. The van der Waals surface area contributed by atoms with E-state index in [0.29, 0.717) is 25.5 Å². The zero-order valence-electron chi connectivity index (χ0n) is 13.0. The summed E-state index contributed by atoms with van der Waals surface area (Å²) in [5, 5.41) is 0. The number of H-pyrrole nitrogens is 1. The van der Waals surface area contributed by atoms with Crippen molar-refractivity contribution < 1.29 is 14.3 Å². The van der Waals surface area contributed by atoms with Gasteiger partial charge in [-0.2, -0.15) is 0 Å². The molecule has 1 aromatic carbocycles. The lowest BCUT2D eigenvalue weighted by molar-refractivity contribution is 0.0520. The van der Waals surface area contributed by atoms with Crippen LogP contribution >= 0.6 is 15.9 Å². The van der Waals surface area contributed by atoms with Crippen LogP contribution in [0.15, 0.2) is 34.9 Å². The molecule has 1 N–H and O–H groups in total. The van der Waals surface area contributed by atoms with Gasteiger partial charge in [-0.15, -0.1) is 0 Å². The Kier molecular flexibility index (Phi) is 5.03. The number of benzene rings is 1. The fraction of sp³-hybridized carbons (Fsp3) is 0.353. The van der Waals surface area contributed by atoms with Crippen molar-refractivity contribution in [2.75, 3.05) is 37.8 Å². The van der Waals surface area contributed by atoms with Gasteiger partial charge < -0.3 is 19.4 Å². The number of ether oxygens (including phenoxy) is 2. The molecular formula is C17H19BrN2O3. The predicted octanol–water partition coefficient (Wildman–Crippen LogP) is 3.46. The molecular weight excluding hydrogens is 360 g/mol. The smallest absolute Gasteiger partial charge is 0.356 e. The number of carbonyl (C=O) groups is 1. The van der Waals surface area contributed by atoms with Crippen LogP contribution in [0.2, 0.25) is 0 Å². The minimum atomic E-state index is -0.322. The molecule has 1 fully saturated rings. The number of halogens is 1. The molecule has 5 nitrogen and oxygen atoms in total. The first kappa shape index (κ1) is 16.1. The van der Waals surface area contributed by atoms with Crippen molar-refractivity contribution in [1.82, 2.24) is 4.98 Å². The van der Waals surface area contributed by atoms with Crippen molar-refractivity contribution in [1.29, 1.82) is 0 Å². The van der Waals surface area contributed by atoms with E-state index in [4.69, 9.17) is 9.47 Å². The summed E-state index contributed by atoms with van der Waals surface area (Å²) >= 11 is 3.45. The van der Waals surface area contributed by atoms with Crippen LogP contribution in [0.5, 0.6) is 0 Å². The van der Waals surface area contributed by atoms with E-state index >= 15 is 0 Å². The van der Waals surface area contributed by atoms with Gasteiger partial charge in [0, 0.05) is 29.3 Å². The van der Waals surface area contributed by atoms with Gasteiger partial charge >= 0.3 is 5.97 Å². The van der Waals surface area contributed by atoms with Crippen LogP contribution in [0.3, 0.4) is 0 Å². The van der Waals surface area contributed by atoms with E-state index in [2.05, 4.69) is 25.8 Å². The normalized spacial score (nSPS) is 14.8. The van der Waals surface area contributed by atoms with Crippen LogP contribution in [-0.2, 0) is 9.47 Å². The van der Waals surface area contributed by atoms with Crippen molar-refractivity contribution in [2.45, 2.75) is 6.92 Å². The third-order valence-corrected chi connectivity index (χ3v) is 4.34. The summed E-state index contributed by atoms with van der Waals surface area (Å²) in [6, 6.07) is 8.06. The summed E-state index contributed by atoms with van der Waals surface area (Å²) in [7, 11) is 0. The van der Waals surface area contributed by atoms with Gasteiger partial charge in [-0.1, -0.05) is 28.1 Å². The SMILES string of the molecule is CCOC(=O)c1[nH]cc(-c2ccc(Br)cc2)c1N1CCOCC1. The first-order valence-corrected chi connectivity index (χ1v) is 8.47. The van der Waals surface area contributed by atoms with Gasteiger partial charge in [0.2, 0.25) is 0 Å². The molecule has 2 aromatic rings. The fourth-order valence-electron chi connectivity index (χ4n) is 2.74. The minimum absolute atomic E-state index is 0.322.